The second-order valence-corrected chi connectivity index (χ2v) is 5.35. The Labute approximate surface area is 103 Å². The monoisotopic (exact) mass is 231 g/mol. The molecule has 0 unspecified atom stereocenters. The van der Waals surface area contributed by atoms with Crippen molar-refractivity contribution in [3.63, 3.8) is 0 Å². The van der Waals surface area contributed by atoms with E-state index in [1.807, 2.05) is 12.3 Å². The van der Waals surface area contributed by atoms with Gasteiger partial charge in [-0.1, -0.05) is 6.07 Å². The molecule has 0 radical (unpaired) electrons. The second-order valence-electron chi connectivity index (χ2n) is 5.35. The van der Waals surface area contributed by atoms with Crippen LogP contribution in [0.15, 0.2) is 18.3 Å². The summed E-state index contributed by atoms with van der Waals surface area (Å²) in [5.41, 5.74) is 7.01. The predicted molar refractivity (Wildman–Crippen MR) is 70.1 cm³/mol. The lowest BCUT2D eigenvalue weighted by molar-refractivity contribution is 0.703. The molecule has 92 valence electrons. The molecule has 1 heterocycles. The van der Waals surface area contributed by atoms with E-state index in [9.17, 15) is 0 Å². The Bertz CT molecular complexity index is 383. The molecule has 0 bridgehead atoms. The van der Waals surface area contributed by atoms with Crippen LogP contribution in [0.2, 0.25) is 0 Å². The van der Waals surface area contributed by atoms with E-state index < -0.39 is 0 Å². The van der Waals surface area contributed by atoms with Gasteiger partial charge >= 0.3 is 0 Å². The van der Waals surface area contributed by atoms with Crippen LogP contribution in [-0.4, -0.2) is 24.1 Å². The van der Waals surface area contributed by atoms with E-state index in [0.717, 1.165) is 18.4 Å². The fraction of sp³-hybridized carbons (Fsp3) is 0.643. The van der Waals surface area contributed by atoms with Gasteiger partial charge in [0.05, 0.1) is 0 Å². The van der Waals surface area contributed by atoms with Gasteiger partial charge in [-0.15, -0.1) is 0 Å². The number of rotatable bonds is 6. The van der Waals surface area contributed by atoms with Crippen molar-refractivity contribution in [2.24, 2.45) is 11.7 Å². The van der Waals surface area contributed by atoms with Crippen molar-refractivity contribution in [1.82, 2.24) is 4.98 Å². The molecule has 0 aromatic carbocycles. The lowest BCUT2D eigenvalue weighted by Crippen LogP contribution is -2.30. The Morgan fingerprint density at radius 3 is 2.76 bits per heavy atom. The molecule has 0 atom stereocenters. The second kappa shape index (κ2) is 4.65. The van der Waals surface area contributed by atoms with Crippen molar-refractivity contribution in [3.05, 3.63) is 23.9 Å². The summed E-state index contributed by atoms with van der Waals surface area (Å²) >= 11 is 0. The van der Waals surface area contributed by atoms with E-state index in [2.05, 4.69) is 16.0 Å². The SMILES string of the molecule is NCCc1cccnc1N(CC1CC1)C1CC1. The Kier molecular flexibility index (Phi) is 3.02. The van der Waals surface area contributed by atoms with Gasteiger partial charge in [0.25, 0.3) is 0 Å². The molecule has 3 heteroatoms. The Morgan fingerprint density at radius 1 is 1.29 bits per heavy atom. The summed E-state index contributed by atoms with van der Waals surface area (Å²) < 4.78 is 0. The van der Waals surface area contributed by atoms with E-state index in [1.165, 1.54) is 43.6 Å². The molecule has 1 aromatic rings. The van der Waals surface area contributed by atoms with Gasteiger partial charge in [-0.05, 0) is 56.2 Å². The summed E-state index contributed by atoms with van der Waals surface area (Å²) in [7, 11) is 0. The number of aromatic nitrogens is 1. The minimum atomic E-state index is 0.709. The summed E-state index contributed by atoms with van der Waals surface area (Å²) in [6, 6.07) is 4.95. The quantitative estimate of drug-likeness (QED) is 0.814. The smallest absolute Gasteiger partial charge is 0.132 e. The molecule has 0 aliphatic heterocycles. The Morgan fingerprint density at radius 2 is 2.12 bits per heavy atom. The molecule has 2 aliphatic carbocycles. The third-order valence-corrected chi connectivity index (χ3v) is 3.69. The molecule has 0 amide bonds. The average molecular weight is 231 g/mol. The highest BCUT2D eigenvalue weighted by Crippen LogP contribution is 2.37. The molecule has 3 rings (SSSR count). The highest BCUT2D eigenvalue weighted by Gasteiger charge is 2.35. The molecule has 2 saturated carbocycles. The zero-order valence-electron chi connectivity index (χ0n) is 10.3. The van der Waals surface area contributed by atoms with Crippen molar-refractivity contribution < 1.29 is 0 Å². The Balaban J connectivity index is 1.82. The first kappa shape index (κ1) is 11.0. The molecule has 0 spiro atoms. The van der Waals surface area contributed by atoms with Gasteiger partial charge in [0, 0.05) is 18.8 Å². The number of anilines is 1. The summed E-state index contributed by atoms with van der Waals surface area (Å²) in [5, 5.41) is 0. The maximum absolute atomic E-state index is 5.69. The molecule has 2 fully saturated rings. The van der Waals surface area contributed by atoms with Crippen LogP contribution in [0.1, 0.15) is 31.2 Å². The zero-order chi connectivity index (χ0) is 11.7. The molecule has 2 N–H and O–H groups in total. The van der Waals surface area contributed by atoms with Gasteiger partial charge < -0.3 is 10.6 Å². The lowest BCUT2D eigenvalue weighted by atomic mass is 10.1. The number of nitrogens with two attached hydrogens (primary N) is 1. The van der Waals surface area contributed by atoms with Crippen molar-refractivity contribution in [2.75, 3.05) is 18.0 Å². The minimum Gasteiger partial charge on any atom is -0.353 e. The minimum absolute atomic E-state index is 0.709. The largest absolute Gasteiger partial charge is 0.353 e. The topological polar surface area (TPSA) is 42.1 Å². The van der Waals surface area contributed by atoms with E-state index in [0.29, 0.717) is 6.54 Å². The van der Waals surface area contributed by atoms with E-state index >= 15 is 0 Å². The first-order valence-electron chi connectivity index (χ1n) is 6.79. The number of hydrogen-bond donors (Lipinski definition) is 1. The van der Waals surface area contributed by atoms with E-state index in [1.54, 1.807) is 0 Å². The maximum Gasteiger partial charge on any atom is 0.132 e. The van der Waals surface area contributed by atoms with Crippen molar-refractivity contribution >= 4 is 5.82 Å². The van der Waals surface area contributed by atoms with Gasteiger partial charge in [0.15, 0.2) is 0 Å². The highest BCUT2D eigenvalue weighted by molar-refractivity contribution is 5.49. The normalized spacial score (nSPS) is 19.4. The first-order valence-corrected chi connectivity index (χ1v) is 6.79. The fourth-order valence-electron chi connectivity index (χ4n) is 2.41. The zero-order valence-corrected chi connectivity index (χ0v) is 10.3. The van der Waals surface area contributed by atoms with Crippen LogP contribution >= 0.6 is 0 Å². The van der Waals surface area contributed by atoms with Gasteiger partial charge in [-0.25, -0.2) is 4.98 Å². The van der Waals surface area contributed by atoms with Crippen LogP contribution in [0.4, 0.5) is 5.82 Å². The van der Waals surface area contributed by atoms with Crippen LogP contribution in [0.25, 0.3) is 0 Å². The number of pyridine rings is 1. The summed E-state index contributed by atoms with van der Waals surface area (Å²) in [4.78, 5) is 7.15. The summed E-state index contributed by atoms with van der Waals surface area (Å²) in [6.45, 7) is 1.92. The molecular weight excluding hydrogens is 210 g/mol. The van der Waals surface area contributed by atoms with Gasteiger partial charge in [0.2, 0.25) is 0 Å². The van der Waals surface area contributed by atoms with Crippen LogP contribution in [0.3, 0.4) is 0 Å². The van der Waals surface area contributed by atoms with E-state index in [-0.39, 0.29) is 0 Å². The average Bonchev–Trinajstić information content (AvgIpc) is 3.21. The van der Waals surface area contributed by atoms with Crippen molar-refractivity contribution in [2.45, 2.75) is 38.1 Å². The summed E-state index contributed by atoms with van der Waals surface area (Å²) in [5.74, 6) is 2.12. The third-order valence-electron chi connectivity index (χ3n) is 3.69. The van der Waals surface area contributed by atoms with Crippen LogP contribution in [0, 0.1) is 5.92 Å². The Hall–Kier alpha value is -1.09. The van der Waals surface area contributed by atoms with Gasteiger partial charge in [-0.3, -0.25) is 0 Å². The molecule has 3 nitrogen and oxygen atoms in total. The fourth-order valence-corrected chi connectivity index (χ4v) is 2.41. The van der Waals surface area contributed by atoms with Crippen LogP contribution in [-0.2, 0) is 6.42 Å². The van der Waals surface area contributed by atoms with Crippen molar-refractivity contribution in [3.8, 4) is 0 Å². The number of nitrogens with zero attached hydrogens (tertiary/aromatic N) is 2. The van der Waals surface area contributed by atoms with Crippen molar-refractivity contribution in [1.29, 1.82) is 0 Å². The predicted octanol–water partition coefficient (Wildman–Crippen LogP) is 1.96. The molecular formula is C14H21N3. The van der Waals surface area contributed by atoms with Crippen LogP contribution in [0.5, 0.6) is 0 Å². The first-order chi connectivity index (χ1) is 8.38. The highest BCUT2D eigenvalue weighted by atomic mass is 15.2. The lowest BCUT2D eigenvalue weighted by Gasteiger charge is -2.25. The molecule has 2 aliphatic rings. The number of hydrogen-bond acceptors (Lipinski definition) is 3. The molecule has 17 heavy (non-hydrogen) atoms. The summed E-state index contributed by atoms with van der Waals surface area (Å²) in [6.07, 6.45) is 8.34. The van der Waals surface area contributed by atoms with Gasteiger partial charge in [0.1, 0.15) is 5.82 Å². The van der Waals surface area contributed by atoms with Crippen LogP contribution < -0.4 is 10.6 Å². The van der Waals surface area contributed by atoms with E-state index in [4.69, 9.17) is 5.73 Å². The molecule has 0 saturated heterocycles. The standard InChI is InChI=1S/C14H21N3/c15-8-7-12-2-1-9-16-14(12)17(13-5-6-13)10-11-3-4-11/h1-2,9,11,13H,3-8,10,15H2. The van der Waals surface area contributed by atoms with Gasteiger partial charge in [-0.2, -0.15) is 0 Å². The molecule has 1 aromatic heterocycles. The third kappa shape index (κ3) is 2.60. The maximum atomic E-state index is 5.69.